The summed E-state index contributed by atoms with van der Waals surface area (Å²) in [7, 11) is 0. The quantitative estimate of drug-likeness (QED) is 0.741. The fourth-order valence-corrected chi connectivity index (χ4v) is 2.71. The lowest BCUT2D eigenvalue weighted by Gasteiger charge is -2.09. The molecule has 0 atom stereocenters. The molecule has 3 aromatic rings. The molecule has 0 aliphatic heterocycles. The van der Waals surface area contributed by atoms with E-state index in [1.807, 2.05) is 31.2 Å². The zero-order chi connectivity index (χ0) is 19.6. The van der Waals surface area contributed by atoms with Gasteiger partial charge in [0.2, 0.25) is 5.91 Å². The van der Waals surface area contributed by atoms with Gasteiger partial charge in [-0.2, -0.15) is 23.4 Å². The lowest BCUT2D eigenvalue weighted by molar-refractivity contribution is -0.144. The smallest absolute Gasteiger partial charge is 0.322 e. The molecule has 0 spiro atoms. The summed E-state index contributed by atoms with van der Waals surface area (Å²) in [5.41, 5.74) is 1.85. The Morgan fingerprint density at radius 2 is 1.96 bits per heavy atom. The fourth-order valence-electron chi connectivity index (χ4n) is 2.71. The van der Waals surface area contributed by atoms with Gasteiger partial charge in [0.05, 0.1) is 24.1 Å². The summed E-state index contributed by atoms with van der Waals surface area (Å²) in [5.74, 6) is -0.612. The van der Waals surface area contributed by atoms with Crippen LogP contribution in [0.25, 0.3) is 0 Å². The van der Waals surface area contributed by atoms with Crippen LogP contribution < -0.4 is 5.32 Å². The topological polar surface area (TPSA) is 64.7 Å². The number of benzene rings is 1. The molecule has 9 heteroatoms. The molecule has 0 aliphatic carbocycles. The maximum atomic E-state index is 13.0. The van der Waals surface area contributed by atoms with Crippen LogP contribution >= 0.6 is 0 Å². The minimum absolute atomic E-state index is 0.196. The van der Waals surface area contributed by atoms with E-state index >= 15 is 0 Å². The highest BCUT2D eigenvalue weighted by Gasteiger charge is 2.35. The molecule has 142 valence electrons. The first-order valence-corrected chi connectivity index (χ1v) is 8.21. The predicted octanol–water partition coefficient (Wildman–Crippen LogP) is 3.40. The number of rotatable bonds is 5. The Labute approximate surface area is 153 Å². The molecule has 1 N–H and O–H groups in total. The minimum atomic E-state index is -4.57. The van der Waals surface area contributed by atoms with Gasteiger partial charge in [-0.3, -0.25) is 14.2 Å². The lowest BCUT2D eigenvalue weighted by atomic mass is 10.1. The van der Waals surface area contributed by atoms with Crippen molar-refractivity contribution in [3.05, 3.63) is 65.2 Å². The van der Waals surface area contributed by atoms with Gasteiger partial charge < -0.3 is 5.32 Å². The molecule has 0 unspecified atom stereocenters. The molecule has 1 amide bonds. The first kappa shape index (κ1) is 18.7. The van der Waals surface area contributed by atoms with Gasteiger partial charge in [-0.1, -0.05) is 24.3 Å². The summed E-state index contributed by atoms with van der Waals surface area (Å²) in [6.45, 7) is 3.43. The number of nitrogens with one attached hydrogen (secondary N) is 1. The van der Waals surface area contributed by atoms with Crippen LogP contribution in [0.5, 0.6) is 0 Å². The van der Waals surface area contributed by atoms with Crippen molar-refractivity contribution in [3.8, 4) is 0 Å². The van der Waals surface area contributed by atoms with Crippen LogP contribution in [0.2, 0.25) is 0 Å². The Morgan fingerprint density at radius 3 is 2.67 bits per heavy atom. The molecule has 0 aliphatic rings. The van der Waals surface area contributed by atoms with Gasteiger partial charge in [0.15, 0.2) is 0 Å². The first-order valence-electron chi connectivity index (χ1n) is 8.21. The zero-order valence-electron chi connectivity index (χ0n) is 14.8. The first-order chi connectivity index (χ1) is 12.7. The second kappa shape index (κ2) is 7.26. The van der Waals surface area contributed by atoms with E-state index in [0.717, 1.165) is 17.2 Å². The van der Waals surface area contributed by atoms with E-state index in [1.165, 1.54) is 13.1 Å². The number of carbonyl (C=O) groups excluding carboxylic acids is 1. The monoisotopic (exact) mass is 377 g/mol. The van der Waals surface area contributed by atoms with E-state index in [1.54, 1.807) is 10.9 Å². The van der Waals surface area contributed by atoms with Crippen molar-refractivity contribution in [2.24, 2.45) is 0 Å². The molecule has 2 heterocycles. The molecule has 2 aromatic heterocycles. The van der Waals surface area contributed by atoms with E-state index in [4.69, 9.17) is 0 Å². The molecule has 3 rings (SSSR count). The number of hydrogen-bond donors (Lipinski definition) is 1. The summed E-state index contributed by atoms with van der Waals surface area (Å²) in [6, 6.07) is 8.76. The largest absolute Gasteiger partial charge is 0.433 e. The third-order valence-corrected chi connectivity index (χ3v) is 4.00. The average Bonchev–Trinajstić information content (AvgIpc) is 3.15. The highest BCUT2D eigenvalue weighted by molar-refractivity contribution is 5.90. The van der Waals surface area contributed by atoms with E-state index in [0.29, 0.717) is 16.9 Å². The Balaban J connectivity index is 1.66. The van der Waals surface area contributed by atoms with Crippen LogP contribution in [0.3, 0.4) is 0 Å². The Kier molecular flexibility index (Phi) is 5.02. The number of halogens is 3. The summed E-state index contributed by atoms with van der Waals surface area (Å²) < 4.78 is 41.2. The van der Waals surface area contributed by atoms with E-state index in [2.05, 4.69) is 15.5 Å². The highest BCUT2D eigenvalue weighted by atomic mass is 19.4. The number of carbonyl (C=O) groups is 1. The number of hydrogen-bond acceptors (Lipinski definition) is 3. The molecule has 6 nitrogen and oxygen atoms in total. The van der Waals surface area contributed by atoms with Gasteiger partial charge in [0.1, 0.15) is 12.2 Å². The molecule has 0 saturated carbocycles. The van der Waals surface area contributed by atoms with Crippen LogP contribution in [0.15, 0.2) is 42.7 Å². The maximum absolute atomic E-state index is 13.0. The van der Waals surface area contributed by atoms with E-state index in [-0.39, 0.29) is 5.69 Å². The third-order valence-electron chi connectivity index (χ3n) is 4.00. The summed E-state index contributed by atoms with van der Waals surface area (Å²) in [4.78, 5) is 12.1. The molecular formula is C18H18F3N5O. The summed E-state index contributed by atoms with van der Waals surface area (Å²) >= 11 is 0. The normalized spacial score (nSPS) is 11.6. The van der Waals surface area contributed by atoms with Crippen molar-refractivity contribution in [1.29, 1.82) is 0 Å². The van der Waals surface area contributed by atoms with Crippen LogP contribution in [0.1, 0.15) is 22.5 Å². The Morgan fingerprint density at radius 1 is 1.22 bits per heavy atom. The Bertz CT molecular complexity index is 958. The summed E-state index contributed by atoms with van der Waals surface area (Å²) in [5, 5.41) is 10.5. The third kappa shape index (κ3) is 4.55. The van der Waals surface area contributed by atoms with Gasteiger partial charge in [0.25, 0.3) is 0 Å². The van der Waals surface area contributed by atoms with Crippen molar-refractivity contribution in [2.75, 3.05) is 5.32 Å². The number of alkyl halides is 3. The second-order valence-electron chi connectivity index (χ2n) is 6.23. The lowest BCUT2D eigenvalue weighted by Crippen LogP contribution is -2.23. The Hall–Kier alpha value is -3.10. The molecule has 1 aromatic carbocycles. The standard InChI is InChI=1S/C18H18F3N5O/c1-12-5-3-4-6-14(12)9-25-10-15(8-22-25)23-17(27)11-26-16(18(19,20)21)7-13(2)24-26/h3-8,10H,9,11H2,1-2H3,(H,23,27). The number of aromatic nitrogens is 4. The fraction of sp³-hybridized carbons (Fsp3) is 0.278. The maximum Gasteiger partial charge on any atom is 0.433 e. The van der Waals surface area contributed by atoms with Crippen LogP contribution in [-0.2, 0) is 24.1 Å². The van der Waals surface area contributed by atoms with Gasteiger partial charge in [0, 0.05) is 6.20 Å². The van der Waals surface area contributed by atoms with Crippen molar-refractivity contribution in [2.45, 2.75) is 33.1 Å². The van der Waals surface area contributed by atoms with Crippen molar-refractivity contribution >= 4 is 11.6 Å². The second-order valence-corrected chi connectivity index (χ2v) is 6.23. The van der Waals surface area contributed by atoms with Crippen LogP contribution in [0, 0.1) is 13.8 Å². The number of amides is 1. The van der Waals surface area contributed by atoms with Gasteiger partial charge in [-0.15, -0.1) is 0 Å². The van der Waals surface area contributed by atoms with Crippen molar-refractivity contribution < 1.29 is 18.0 Å². The number of aryl methyl sites for hydroxylation is 2. The molecule has 0 saturated heterocycles. The zero-order valence-corrected chi connectivity index (χ0v) is 14.8. The molecule has 0 radical (unpaired) electrons. The summed E-state index contributed by atoms with van der Waals surface area (Å²) in [6.07, 6.45) is -1.49. The van der Waals surface area contributed by atoms with E-state index in [9.17, 15) is 18.0 Å². The van der Waals surface area contributed by atoms with Crippen LogP contribution in [0.4, 0.5) is 18.9 Å². The number of anilines is 1. The highest BCUT2D eigenvalue weighted by Crippen LogP contribution is 2.29. The van der Waals surface area contributed by atoms with Crippen molar-refractivity contribution in [3.63, 3.8) is 0 Å². The van der Waals surface area contributed by atoms with Gasteiger partial charge in [-0.25, -0.2) is 0 Å². The molecule has 27 heavy (non-hydrogen) atoms. The molecule has 0 fully saturated rings. The SMILES string of the molecule is Cc1cc(C(F)(F)F)n(CC(=O)Nc2cnn(Cc3ccccc3C)c2)n1. The number of nitrogens with zero attached hydrogens (tertiary/aromatic N) is 4. The van der Waals surface area contributed by atoms with Crippen molar-refractivity contribution in [1.82, 2.24) is 19.6 Å². The average molecular weight is 377 g/mol. The molecular weight excluding hydrogens is 359 g/mol. The molecule has 0 bridgehead atoms. The van der Waals surface area contributed by atoms with Crippen LogP contribution in [-0.4, -0.2) is 25.5 Å². The van der Waals surface area contributed by atoms with Gasteiger partial charge >= 0.3 is 6.18 Å². The predicted molar refractivity (Wildman–Crippen MR) is 93.1 cm³/mol. The van der Waals surface area contributed by atoms with E-state index < -0.39 is 24.3 Å². The minimum Gasteiger partial charge on any atom is -0.322 e. The van der Waals surface area contributed by atoms with Gasteiger partial charge in [-0.05, 0) is 31.0 Å².